The summed E-state index contributed by atoms with van der Waals surface area (Å²) in [6.07, 6.45) is -4.65. The second kappa shape index (κ2) is 6.73. The molecule has 0 amide bonds. The molecule has 1 aromatic rings. The van der Waals surface area contributed by atoms with Crippen LogP contribution in [0.3, 0.4) is 0 Å². The summed E-state index contributed by atoms with van der Waals surface area (Å²) in [4.78, 5) is -1.37. The topological polar surface area (TPSA) is 126 Å². The smallest absolute Gasteiger partial charge is 0.157 e. The molecule has 8 heteroatoms. The van der Waals surface area contributed by atoms with Gasteiger partial charge in [-0.25, -0.2) is 0 Å². The van der Waals surface area contributed by atoms with Crippen molar-refractivity contribution in [1.29, 1.82) is 0 Å². The van der Waals surface area contributed by atoms with Gasteiger partial charge >= 0.3 is 0 Å². The van der Waals surface area contributed by atoms with Crippen LogP contribution in [0.5, 0.6) is 0 Å². The van der Waals surface area contributed by atoms with Gasteiger partial charge in [0.25, 0.3) is 0 Å². The quantitative estimate of drug-likeness (QED) is 0.375. The zero-order valence-electron chi connectivity index (χ0n) is 11.1. The van der Waals surface area contributed by atoms with Crippen LogP contribution in [0.1, 0.15) is 5.56 Å². The van der Waals surface area contributed by atoms with Crippen LogP contribution in [-0.4, -0.2) is 67.0 Å². The fourth-order valence-electron chi connectivity index (χ4n) is 1.95. The summed E-state index contributed by atoms with van der Waals surface area (Å²) in [7, 11) is 0. The van der Waals surface area contributed by atoms with Gasteiger partial charge in [-0.1, -0.05) is 42.1 Å². The molecule has 7 nitrogen and oxygen atoms in total. The Bertz CT molecular complexity index is 501. The van der Waals surface area contributed by atoms with E-state index in [2.05, 4.69) is 10.5 Å². The van der Waals surface area contributed by atoms with Gasteiger partial charge < -0.3 is 25.5 Å². The Morgan fingerprint density at radius 3 is 2.38 bits per heavy atom. The van der Waals surface area contributed by atoms with Crippen molar-refractivity contribution in [3.05, 3.63) is 35.9 Å². The van der Waals surface area contributed by atoms with Crippen molar-refractivity contribution in [2.24, 2.45) is 5.10 Å². The summed E-state index contributed by atoms with van der Waals surface area (Å²) in [5, 5.41) is 52.5. The minimum Gasteiger partial charge on any atom is -0.394 e. The summed E-state index contributed by atoms with van der Waals surface area (Å²) in [5.41, 5.74) is 3.43. The largest absolute Gasteiger partial charge is 0.394 e. The van der Waals surface area contributed by atoms with E-state index in [1.54, 1.807) is 0 Å². The second-order valence-corrected chi connectivity index (χ2v) is 6.05. The fourth-order valence-corrected chi connectivity index (χ4v) is 3.06. The van der Waals surface area contributed by atoms with E-state index in [-0.39, 0.29) is 0 Å². The lowest BCUT2D eigenvalue weighted by Gasteiger charge is -2.35. The number of aliphatic hydroxyl groups is 5. The molecule has 0 spiro atoms. The van der Waals surface area contributed by atoms with Crippen LogP contribution in [0.4, 0.5) is 0 Å². The first-order valence-corrected chi connectivity index (χ1v) is 7.21. The molecule has 4 unspecified atom stereocenters. The van der Waals surface area contributed by atoms with Gasteiger partial charge in [-0.05, 0) is 0 Å². The Morgan fingerprint density at radius 1 is 1.14 bits per heavy atom. The molecule has 4 atom stereocenters. The molecule has 1 heterocycles. The van der Waals surface area contributed by atoms with Crippen molar-refractivity contribution >= 4 is 16.8 Å². The van der Waals surface area contributed by atoms with Crippen molar-refractivity contribution in [3.63, 3.8) is 0 Å². The van der Waals surface area contributed by atoms with Gasteiger partial charge in [0.05, 0.1) is 13.2 Å². The summed E-state index contributed by atoms with van der Waals surface area (Å²) >= 11 is 1.06. The van der Waals surface area contributed by atoms with Crippen LogP contribution in [-0.2, 0) is 0 Å². The first-order chi connectivity index (χ1) is 10.0. The predicted molar refractivity (Wildman–Crippen MR) is 78.6 cm³/mol. The third-order valence-electron chi connectivity index (χ3n) is 3.26. The highest BCUT2D eigenvalue weighted by Crippen LogP contribution is 2.36. The lowest BCUT2D eigenvalue weighted by Crippen LogP contribution is -2.58. The summed E-state index contributed by atoms with van der Waals surface area (Å²) in [6, 6.07) is 9.17. The van der Waals surface area contributed by atoms with Gasteiger partial charge in [-0.2, -0.15) is 5.10 Å². The normalized spacial score (nSPS) is 25.9. The van der Waals surface area contributed by atoms with E-state index in [9.17, 15) is 20.4 Å². The molecule has 0 fully saturated rings. The molecule has 0 radical (unpaired) electrons. The maximum Gasteiger partial charge on any atom is 0.157 e. The monoisotopic (exact) mass is 314 g/mol. The number of thioether (sulfide) groups is 1. The second-order valence-electron chi connectivity index (χ2n) is 4.73. The van der Waals surface area contributed by atoms with Crippen molar-refractivity contribution in [1.82, 2.24) is 5.43 Å². The first-order valence-electron chi connectivity index (χ1n) is 6.39. The SMILES string of the molecule is OCC(O)C(O)C(O)C1(CO)NN=C(c2ccccc2)S1. The number of nitrogens with zero attached hydrogens (tertiary/aromatic N) is 1. The van der Waals surface area contributed by atoms with Crippen LogP contribution in [0.2, 0.25) is 0 Å². The summed E-state index contributed by atoms with van der Waals surface area (Å²) in [5.74, 6) is 0. The van der Waals surface area contributed by atoms with Crippen molar-refractivity contribution in [2.45, 2.75) is 23.2 Å². The highest BCUT2D eigenvalue weighted by molar-refractivity contribution is 8.15. The van der Waals surface area contributed by atoms with Gasteiger partial charge in [-0.3, -0.25) is 5.43 Å². The Morgan fingerprint density at radius 2 is 1.81 bits per heavy atom. The van der Waals surface area contributed by atoms with Crippen LogP contribution in [0.25, 0.3) is 0 Å². The zero-order chi connectivity index (χ0) is 15.5. The molecule has 21 heavy (non-hydrogen) atoms. The number of hydrogen-bond donors (Lipinski definition) is 6. The molecule has 6 N–H and O–H groups in total. The predicted octanol–water partition coefficient (Wildman–Crippen LogP) is -1.55. The van der Waals surface area contributed by atoms with Crippen molar-refractivity contribution in [2.75, 3.05) is 13.2 Å². The maximum absolute atomic E-state index is 10.2. The van der Waals surface area contributed by atoms with Gasteiger partial charge in [-0.15, -0.1) is 0 Å². The maximum atomic E-state index is 10.2. The van der Waals surface area contributed by atoms with E-state index < -0.39 is 36.4 Å². The highest BCUT2D eigenvalue weighted by atomic mass is 32.2. The number of rotatable bonds is 6. The Labute approximate surface area is 125 Å². The lowest BCUT2D eigenvalue weighted by atomic mass is 10.0. The highest BCUT2D eigenvalue weighted by Gasteiger charge is 2.48. The molecule has 0 bridgehead atoms. The number of hydrazone groups is 1. The molecule has 1 aliphatic rings. The fraction of sp³-hybridized carbons (Fsp3) is 0.462. The van der Waals surface area contributed by atoms with E-state index in [1.807, 2.05) is 30.3 Å². The molecule has 1 aromatic carbocycles. The summed E-state index contributed by atoms with van der Waals surface area (Å²) < 4.78 is 0. The standard InChI is InChI=1S/C13H18N2O5S/c16-6-9(18)10(19)11(20)13(7-17)15-14-12(21-13)8-4-2-1-3-5-8/h1-5,9-11,15-20H,6-7H2. The third kappa shape index (κ3) is 3.20. The molecule has 116 valence electrons. The van der Waals surface area contributed by atoms with Crippen LogP contribution < -0.4 is 5.43 Å². The van der Waals surface area contributed by atoms with Crippen LogP contribution in [0.15, 0.2) is 35.4 Å². The van der Waals surface area contributed by atoms with Gasteiger partial charge in [0.15, 0.2) is 4.87 Å². The third-order valence-corrected chi connectivity index (χ3v) is 4.61. The van der Waals surface area contributed by atoms with E-state index in [4.69, 9.17) is 5.11 Å². The molecular formula is C13H18N2O5S. The molecular weight excluding hydrogens is 296 g/mol. The van der Waals surface area contributed by atoms with E-state index in [1.165, 1.54) is 0 Å². The van der Waals surface area contributed by atoms with Crippen LogP contribution in [0, 0.1) is 0 Å². The number of aliphatic hydroxyl groups excluding tert-OH is 5. The molecule has 2 rings (SSSR count). The molecule has 0 aromatic heterocycles. The van der Waals surface area contributed by atoms with Crippen molar-refractivity contribution in [3.8, 4) is 0 Å². The number of hydrogen-bond acceptors (Lipinski definition) is 8. The average molecular weight is 314 g/mol. The van der Waals surface area contributed by atoms with Crippen LogP contribution >= 0.6 is 11.8 Å². The number of benzene rings is 1. The van der Waals surface area contributed by atoms with Gasteiger partial charge in [0.2, 0.25) is 0 Å². The lowest BCUT2D eigenvalue weighted by molar-refractivity contribution is -0.0969. The van der Waals surface area contributed by atoms with E-state index in [0.29, 0.717) is 5.04 Å². The Kier molecular flexibility index (Phi) is 5.20. The summed E-state index contributed by atoms with van der Waals surface area (Å²) in [6.45, 7) is -1.22. The number of nitrogens with one attached hydrogen (secondary N) is 1. The molecule has 0 aliphatic carbocycles. The average Bonchev–Trinajstić information content (AvgIpc) is 2.99. The van der Waals surface area contributed by atoms with Gasteiger partial charge in [0, 0.05) is 5.56 Å². The minimum absolute atomic E-state index is 0.520. The first kappa shape index (κ1) is 16.2. The molecule has 1 aliphatic heterocycles. The Balaban J connectivity index is 2.15. The Hall–Kier alpha value is -1.16. The van der Waals surface area contributed by atoms with Crippen molar-refractivity contribution < 1.29 is 25.5 Å². The van der Waals surface area contributed by atoms with E-state index in [0.717, 1.165) is 17.3 Å². The molecule has 0 saturated carbocycles. The van der Waals surface area contributed by atoms with Gasteiger partial charge in [0.1, 0.15) is 23.4 Å². The molecule has 0 saturated heterocycles. The zero-order valence-corrected chi connectivity index (χ0v) is 11.9. The minimum atomic E-state index is -1.62. The van der Waals surface area contributed by atoms with E-state index >= 15 is 0 Å².